The highest BCUT2D eigenvalue weighted by Crippen LogP contribution is 2.65. The van der Waals surface area contributed by atoms with E-state index in [0.29, 0.717) is 25.9 Å². The molecule has 0 bridgehead atoms. The number of nitrogens with two attached hydrogens (primary N) is 1. The van der Waals surface area contributed by atoms with Crippen molar-refractivity contribution in [2.45, 2.75) is 124 Å². The average molecular weight is 681 g/mol. The second kappa shape index (κ2) is 14.9. The standard InChI is InChI=1S/C37H56N6O6/c1-8-22(2)19-25(28(44)30(38)45)40-31(46)27-26-24(36(26,6)7)21-43(27)32(47)29(35(3,4)5)41-34(49)42-37(17-13-10-14-18-37)33(48)39-20-23-15-11-9-12-16-23/h9,11-12,15-16,22,24-27,29H,8,10,13-14,17-21H2,1-7H3,(H2,38,45)(H,39,48)(H,40,46)(H2,41,42,49)/t22?,24-,25?,26-,27-,29+/m0/s1. The van der Waals surface area contributed by atoms with Crippen molar-refractivity contribution in [1.82, 2.24) is 26.2 Å². The first-order chi connectivity index (χ1) is 22.9. The first-order valence-corrected chi connectivity index (χ1v) is 17.8. The maximum absolute atomic E-state index is 14.4. The molecule has 4 rings (SSSR count). The third-order valence-corrected chi connectivity index (χ3v) is 11.1. The molecule has 2 aliphatic carbocycles. The van der Waals surface area contributed by atoms with Gasteiger partial charge in [-0.25, -0.2) is 4.79 Å². The predicted octanol–water partition coefficient (Wildman–Crippen LogP) is 3.18. The number of carbonyl (C=O) groups excluding carboxylic acids is 6. The van der Waals surface area contributed by atoms with Crippen LogP contribution in [0.1, 0.15) is 99.0 Å². The minimum Gasteiger partial charge on any atom is -0.363 e. The summed E-state index contributed by atoms with van der Waals surface area (Å²) in [6.07, 6.45) is 4.45. The fourth-order valence-corrected chi connectivity index (χ4v) is 7.75. The fourth-order valence-electron chi connectivity index (χ4n) is 7.75. The molecular formula is C37H56N6O6. The van der Waals surface area contributed by atoms with Crippen molar-refractivity contribution in [1.29, 1.82) is 0 Å². The lowest BCUT2D eigenvalue weighted by molar-refractivity contribution is -0.145. The van der Waals surface area contributed by atoms with Crippen LogP contribution in [-0.4, -0.2) is 70.6 Å². The summed E-state index contributed by atoms with van der Waals surface area (Å²) in [4.78, 5) is 81.9. The Balaban J connectivity index is 1.53. The van der Waals surface area contributed by atoms with E-state index in [4.69, 9.17) is 5.73 Å². The number of primary amides is 1. The molecule has 0 aromatic heterocycles. The minimum absolute atomic E-state index is 0.0425. The maximum atomic E-state index is 14.4. The van der Waals surface area contributed by atoms with Crippen LogP contribution in [0.5, 0.6) is 0 Å². The third kappa shape index (κ3) is 8.44. The topological polar surface area (TPSA) is 180 Å². The van der Waals surface area contributed by atoms with Gasteiger partial charge in [-0.2, -0.15) is 0 Å². The molecule has 6 atom stereocenters. The molecule has 12 heteroatoms. The van der Waals surface area contributed by atoms with Gasteiger partial charge in [0.15, 0.2) is 0 Å². The average Bonchev–Trinajstić information content (AvgIpc) is 3.35. The maximum Gasteiger partial charge on any atom is 0.316 e. The number of nitrogens with zero attached hydrogens (tertiary/aromatic N) is 1. The van der Waals surface area contributed by atoms with Crippen molar-refractivity contribution in [3.05, 3.63) is 35.9 Å². The molecule has 1 aromatic carbocycles. The normalized spacial score (nSPS) is 24.0. The van der Waals surface area contributed by atoms with Gasteiger partial charge in [0.1, 0.15) is 17.6 Å². The Morgan fingerprint density at radius 1 is 0.980 bits per heavy atom. The van der Waals surface area contributed by atoms with Gasteiger partial charge in [-0.15, -0.1) is 0 Å². The highest BCUT2D eigenvalue weighted by Gasteiger charge is 2.70. The number of urea groups is 1. The van der Waals surface area contributed by atoms with Crippen LogP contribution in [0.4, 0.5) is 4.79 Å². The van der Waals surface area contributed by atoms with E-state index in [1.807, 2.05) is 65.0 Å². The van der Waals surface area contributed by atoms with E-state index in [9.17, 15) is 28.8 Å². The fraction of sp³-hybridized carbons (Fsp3) is 0.676. The molecule has 2 saturated carbocycles. The number of amides is 6. The molecule has 270 valence electrons. The molecule has 1 saturated heterocycles. The van der Waals surface area contributed by atoms with E-state index >= 15 is 0 Å². The van der Waals surface area contributed by atoms with E-state index in [-0.39, 0.29) is 35.5 Å². The molecule has 12 nitrogen and oxygen atoms in total. The predicted molar refractivity (Wildman–Crippen MR) is 185 cm³/mol. The zero-order valence-electron chi connectivity index (χ0n) is 30.2. The number of Topliss-reactive ketones (excluding diaryl/α,β-unsaturated/α-hetero) is 1. The molecule has 1 aliphatic heterocycles. The molecule has 1 heterocycles. The monoisotopic (exact) mass is 680 g/mol. The number of rotatable bonds is 13. The van der Waals surface area contributed by atoms with Gasteiger partial charge < -0.3 is 31.9 Å². The van der Waals surface area contributed by atoms with Gasteiger partial charge in [-0.1, -0.05) is 104 Å². The summed E-state index contributed by atoms with van der Waals surface area (Å²) < 4.78 is 0. The van der Waals surface area contributed by atoms with E-state index in [2.05, 4.69) is 35.1 Å². The van der Waals surface area contributed by atoms with Crippen LogP contribution in [-0.2, 0) is 30.5 Å². The van der Waals surface area contributed by atoms with Crippen LogP contribution in [0, 0.1) is 28.6 Å². The quantitative estimate of drug-likeness (QED) is 0.200. The lowest BCUT2D eigenvalue weighted by Gasteiger charge is -2.40. The molecule has 0 radical (unpaired) electrons. The summed E-state index contributed by atoms with van der Waals surface area (Å²) in [5, 5.41) is 11.6. The Bertz CT molecular complexity index is 1420. The Hall–Kier alpha value is -3.96. The first kappa shape index (κ1) is 37.9. The molecule has 2 unspecified atom stereocenters. The van der Waals surface area contributed by atoms with Crippen molar-refractivity contribution in [3.63, 3.8) is 0 Å². The van der Waals surface area contributed by atoms with Crippen molar-refractivity contribution in [2.75, 3.05) is 6.54 Å². The minimum atomic E-state index is -1.12. The van der Waals surface area contributed by atoms with Crippen LogP contribution in [0.2, 0.25) is 0 Å². The highest BCUT2D eigenvalue weighted by molar-refractivity contribution is 6.37. The van der Waals surface area contributed by atoms with E-state index in [1.165, 1.54) is 4.90 Å². The summed E-state index contributed by atoms with van der Waals surface area (Å²) in [6.45, 7) is 14.1. The second-order valence-electron chi connectivity index (χ2n) is 16.1. The summed E-state index contributed by atoms with van der Waals surface area (Å²) in [5.74, 6) is -3.24. The number of hydrogen-bond donors (Lipinski definition) is 5. The largest absolute Gasteiger partial charge is 0.363 e. The zero-order valence-corrected chi connectivity index (χ0v) is 30.2. The molecule has 3 aliphatic rings. The molecule has 0 spiro atoms. The molecule has 6 amide bonds. The van der Waals surface area contributed by atoms with Crippen LogP contribution >= 0.6 is 0 Å². The zero-order chi connectivity index (χ0) is 36.3. The third-order valence-electron chi connectivity index (χ3n) is 11.1. The van der Waals surface area contributed by atoms with Crippen LogP contribution in [0.3, 0.4) is 0 Å². The van der Waals surface area contributed by atoms with Gasteiger partial charge in [0, 0.05) is 13.1 Å². The number of ketones is 1. The molecular weight excluding hydrogens is 624 g/mol. The number of carbonyl (C=O) groups is 6. The van der Waals surface area contributed by atoms with Crippen LogP contribution in [0.25, 0.3) is 0 Å². The number of likely N-dealkylation sites (tertiary alicyclic amines) is 1. The Morgan fingerprint density at radius 2 is 1.61 bits per heavy atom. The van der Waals surface area contributed by atoms with Gasteiger partial charge in [0.2, 0.25) is 23.5 Å². The number of hydrogen-bond acceptors (Lipinski definition) is 6. The van der Waals surface area contributed by atoms with Gasteiger partial charge in [0.25, 0.3) is 5.91 Å². The Morgan fingerprint density at radius 3 is 2.18 bits per heavy atom. The summed E-state index contributed by atoms with van der Waals surface area (Å²) >= 11 is 0. The van der Waals surface area contributed by atoms with Crippen molar-refractivity contribution < 1.29 is 28.8 Å². The van der Waals surface area contributed by atoms with E-state index < -0.39 is 58.6 Å². The van der Waals surface area contributed by atoms with Crippen molar-refractivity contribution in [2.24, 2.45) is 34.3 Å². The summed E-state index contributed by atoms with van der Waals surface area (Å²) in [5.41, 5.74) is 4.19. The van der Waals surface area contributed by atoms with Gasteiger partial charge in [-0.3, -0.25) is 24.0 Å². The highest BCUT2D eigenvalue weighted by atomic mass is 16.2. The number of nitrogens with one attached hydrogen (secondary N) is 4. The number of fused-ring (bicyclic) bond motifs is 1. The van der Waals surface area contributed by atoms with Gasteiger partial charge in [0.05, 0.1) is 6.04 Å². The Kier molecular flexibility index (Phi) is 11.5. The molecule has 6 N–H and O–H groups in total. The smallest absolute Gasteiger partial charge is 0.316 e. The summed E-state index contributed by atoms with van der Waals surface area (Å²) in [7, 11) is 0. The van der Waals surface area contributed by atoms with E-state index in [0.717, 1.165) is 31.2 Å². The SMILES string of the molecule is CCC(C)CC(NC(=O)[C@@H]1[C@@H]2[C@H](CN1C(=O)[C@@H](NC(=O)NC1(C(=O)NCc3ccccc3)CCCCC1)C(C)(C)C)C2(C)C)C(=O)C(N)=O. The second-order valence-corrected chi connectivity index (χ2v) is 16.1. The summed E-state index contributed by atoms with van der Waals surface area (Å²) in [6, 6.07) is 5.91. The first-order valence-electron chi connectivity index (χ1n) is 17.8. The van der Waals surface area contributed by atoms with Gasteiger partial charge in [-0.05, 0) is 53.4 Å². The Labute approximate surface area is 290 Å². The lowest BCUT2D eigenvalue weighted by Crippen LogP contribution is -2.65. The van der Waals surface area contributed by atoms with Crippen LogP contribution in [0.15, 0.2) is 30.3 Å². The molecule has 3 fully saturated rings. The number of benzene rings is 1. The van der Waals surface area contributed by atoms with Gasteiger partial charge >= 0.3 is 6.03 Å². The van der Waals surface area contributed by atoms with Crippen molar-refractivity contribution >= 4 is 35.4 Å². The lowest BCUT2D eigenvalue weighted by atomic mass is 9.80. The number of piperidine rings is 1. The van der Waals surface area contributed by atoms with E-state index in [1.54, 1.807) is 0 Å². The molecule has 49 heavy (non-hydrogen) atoms. The van der Waals surface area contributed by atoms with Crippen molar-refractivity contribution in [3.8, 4) is 0 Å². The molecule has 1 aromatic rings. The van der Waals surface area contributed by atoms with Crippen LogP contribution < -0.4 is 27.0 Å².